The van der Waals surface area contributed by atoms with Crippen LogP contribution in [-0.4, -0.2) is 70.5 Å². The molecule has 7 nitrogen and oxygen atoms in total. The van der Waals surface area contributed by atoms with Crippen LogP contribution >= 0.6 is 0 Å². The molecule has 37 heavy (non-hydrogen) atoms. The Morgan fingerprint density at radius 1 is 1.22 bits per heavy atom. The molecule has 2 aromatic carbocycles. The highest BCUT2D eigenvalue weighted by Gasteiger charge is 2.42. The molecule has 1 aliphatic heterocycles. The Kier molecular flexibility index (Phi) is 7.69. The van der Waals surface area contributed by atoms with Crippen molar-refractivity contribution in [1.82, 2.24) is 19.8 Å². The quantitative estimate of drug-likeness (QED) is 0.509. The number of hydrogen-bond donors (Lipinski definition) is 2. The van der Waals surface area contributed by atoms with Gasteiger partial charge in [-0.2, -0.15) is 0 Å². The summed E-state index contributed by atoms with van der Waals surface area (Å²) in [4.78, 5) is 20.6. The molecular formula is C29H35FN4O3. The van der Waals surface area contributed by atoms with Gasteiger partial charge in [0, 0.05) is 38.3 Å². The number of aliphatic hydroxyl groups is 1. The van der Waals surface area contributed by atoms with E-state index in [9.17, 15) is 14.3 Å². The maximum atomic E-state index is 14.4. The lowest BCUT2D eigenvalue weighted by Gasteiger charge is -2.41. The summed E-state index contributed by atoms with van der Waals surface area (Å²) in [5.41, 5.74) is 1.47. The molecule has 0 bridgehead atoms. The predicted octanol–water partition coefficient (Wildman–Crippen LogP) is 3.84. The molecule has 1 aromatic heterocycles. The van der Waals surface area contributed by atoms with Gasteiger partial charge >= 0.3 is 0 Å². The van der Waals surface area contributed by atoms with Crippen molar-refractivity contribution in [3.8, 4) is 11.3 Å². The normalized spacial score (nSPS) is 24.2. The second-order valence-electron chi connectivity index (χ2n) is 10.2. The lowest BCUT2D eigenvalue weighted by atomic mass is 9.80. The molecule has 3 aromatic rings. The third-order valence-electron chi connectivity index (χ3n) is 7.71. The van der Waals surface area contributed by atoms with Crippen LogP contribution in [0.25, 0.3) is 11.3 Å². The standard InChI is InChI=1S/C29H35FN4O3/c1-37-19-29(36)13-6-5-12-25(29)34-20-32-26(27(34)22-10-7-11-23(30)17-22)28(35)33-15-14-31-18-24(33)16-21-8-3-2-4-9-21/h2-4,7-11,17,20,24-25,31,36H,5-6,12-16,18-19H2,1H3/t24-,25-,29-/m1/s1. The number of methoxy groups -OCH3 is 1. The Hall–Kier alpha value is -3.07. The van der Waals surface area contributed by atoms with Crippen molar-refractivity contribution < 1.29 is 19.0 Å². The minimum atomic E-state index is -1.10. The zero-order chi connectivity index (χ0) is 25.8. The summed E-state index contributed by atoms with van der Waals surface area (Å²) in [6, 6.07) is 16.0. The first kappa shape index (κ1) is 25.6. The van der Waals surface area contributed by atoms with Gasteiger partial charge in [-0.15, -0.1) is 0 Å². The van der Waals surface area contributed by atoms with Crippen LogP contribution in [0.15, 0.2) is 60.9 Å². The average Bonchev–Trinajstić information content (AvgIpc) is 3.34. The molecule has 196 valence electrons. The first-order chi connectivity index (χ1) is 18.0. The molecule has 2 N–H and O–H groups in total. The van der Waals surface area contributed by atoms with Gasteiger partial charge in [-0.1, -0.05) is 55.3 Å². The highest BCUT2D eigenvalue weighted by Crippen LogP contribution is 2.41. The van der Waals surface area contributed by atoms with Crippen molar-refractivity contribution in [3.63, 3.8) is 0 Å². The van der Waals surface area contributed by atoms with Crippen LogP contribution < -0.4 is 5.32 Å². The van der Waals surface area contributed by atoms with Gasteiger partial charge in [0.1, 0.15) is 11.4 Å². The molecule has 1 amide bonds. The van der Waals surface area contributed by atoms with E-state index >= 15 is 0 Å². The van der Waals surface area contributed by atoms with Gasteiger partial charge in [-0.05, 0) is 37.0 Å². The molecule has 2 heterocycles. The lowest BCUT2D eigenvalue weighted by molar-refractivity contribution is -0.0893. The van der Waals surface area contributed by atoms with E-state index < -0.39 is 5.60 Å². The smallest absolute Gasteiger partial charge is 0.275 e. The number of aromatic nitrogens is 2. The number of piperazine rings is 1. The van der Waals surface area contributed by atoms with E-state index in [0.29, 0.717) is 37.3 Å². The zero-order valence-electron chi connectivity index (χ0n) is 21.3. The Balaban J connectivity index is 1.55. The number of benzene rings is 2. The number of nitrogens with zero attached hydrogens (tertiary/aromatic N) is 3. The molecule has 1 saturated heterocycles. The van der Waals surface area contributed by atoms with E-state index in [-0.39, 0.29) is 36.1 Å². The predicted molar refractivity (Wildman–Crippen MR) is 140 cm³/mol. The van der Waals surface area contributed by atoms with Gasteiger partial charge in [-0.3, -0.25) is 4.79 Å². The number of halogens is 1. The summed E-state index contributed by atoms with van der Waals surface area (Å²) in [6.07, 6.45) is 5.51. The minimum absolute atomic E-state index is 0.0331. The molecule has 8 heteroatoms. The zero-order valence-corrected chi connectivity index (χ0v) is 21.3. The van der Waals surface area contributed by atoms with Crippen molar-refractivity contribution in [1.29, 1.82) is 0 Å². The first-order valence-corrected chi connectivity index (χ1v) is 13.1. The van der Waals surface area contributed by atoms with Gasteiger partial charge in [0.25, 0.3) is 5.91 Å². The number of carbonyl (C=O) groups is 1. The van der Waals surface area contributed by atoms with Gasteiger partial charge in [0.05, 0.1) is 24.7 Å². The summed E-state index contributed by atoms with van der Waals surface area (Å²) < 4.78 is 21.7. The molecule has 2 aliphatic rings. The van der Waals surface area contributed by atoms with E-state index in [1.807, 2.05) is 27.7 Å². The van der Waals surface area contributed by atoms with Gasteiger partial charge in [0.2, 0.25) is 0 Å². The van der Waals surface area contributed by atoms with Crippen molar-refractivity contribution in [2.75, 3.05) is 33.4 Å². The summed E-state index contributed by atoms with van der Waals surface area (Å²) in [5, 5.41) is 15.0. The van der Waals surface area contributed by atoms with E-state index in [1.54, 1.807) is 25.6 Å². The van der Waals surface area contributed by atoms with Crippen LogP contribution in [0.4, 0.5) is 4.39 Å². The Morgan fingerprint density at radius 3 is 2.84 bits per heavy atom. The topological polar surface area (TPSA) is 79.6 Å². The molecule has 1 saturated carbocycles. The number of ether oxygens (including phenoxy) is 1. The Bertz CT molecular complexity index is 1210. The van der Waals surface area contributed by atoms with Crippen molar-refractivity contribution in [2.24, 2.45) is 0 Å². The van der Waals surface area contributed by atoms with E-state index in [2.05, 4.69) is 22.4 Å². The van der Waals surface area contributed by atoms with E-state index in [1.165, 1.54) is 12.1 Å². The molecule has 3 atom stereocenters. The molecular weight excluding hydrogens is 471 g/mol. The third kappa shape index (κ3) is 5.32. The van der Waals surface area contributed by atoms with Crippen molar-refractivity contribution in [3.05, 3.63) is 78.0 Å². The van der Waals surface area contributed by atoms with Gasteiger partial charge < -0.3 is 24.6 Å². The van der Waals surface area contributed by atoms with E-state index in [4.69, 9.17) is 4.74 Å². The highest BCUT2D eigenvalue weighted by molar-refractivity contribution is 5.98. The third-order valence-corrected chi connectivity index (χ3v) is 7.71. The fourth-order valence-corrected chi connectivity index (χ4v) is 5.93. The maximum absolute atomic E-state index is 14.4. The monoisotopic (exact) mass is 506 g/mol. The SMILES string of the molecule is COC[C@]1(O)CCCC[C@H]1n1cnc(C(=O)N2CCNC[C@H]2Cc2ccccc2)c1-c1cccc(F)c1. The molecule has 1 aliphatic carbocycles. The molecule has 0 spiro atoms. The van der Waals surface area contributed by atoms with Crippen molar-refractivity contribution in [2.45, 2.75) is 49.8 Å². The first-order valence-electron chi connectivity index (χ1n) is 13.1. The van der Waals surface area contributed by atoms with Crippen molar-refractivity contribution >= 4 is 5.91 Å². The number of carbonyl (C=O) groups excluding carboxylic acids is 1. The highest BCUT2D eigenvalue weighted by atomic mass is 19.1. The van der Waals surface area contributed by atoms with Crippen LogP contribution in [0.3, 0.4) is 0 Å². The number of imidazole rings is 1. The largest absolute Gasteiger partial charge is 0.385 e. The van der Waals surface area contributed by atoms with E-state index in [0.717, 1.165) is 31.2 Å². The molecule has 0 radical (unpaired) electrons. The summed E-state index contributed by atoms with van der Waals surface area (Å²) in [6.45, 7) is 2.12. The number of nitrogens with one attached hydrogen (secondary N) is 1. The Morgan fingerprint density at radius 2 is 2.05 bits per heavy atom. The van der Waals surface area contributed by atoms with Crippen LogP contribution in [0.5, 0.6) is 0 Å². The van der Waals surface area contributed by atoms with Gasteiger partial charge in [-0.25, -0.2) is 9.37 Å². The van der Waals surface area contributed by atoms with Crippen LogP contribution in [0.2, 0.25) is 0 Å². The molecule has 2 fully saturated rings. The number of amides is 1. The maximum Gasteiger partial charge on any atom is 0.275 e. The summed E-state index contributed by atoms with van der Waals surface area (Å²) in [5.74, 6) is -0.560. The fraction of sp³-hybridized carbons (Fsp3) is 0.448. The molecule has 0 unspecified atom stereocenters. The molecule has 5 rings (SSSR count). The second kappa shape index (κ2) is 11.1. The van der Waals surface area contributed by atoms with Crippen LogP contribution in [0.1, 0.15) is 47.8 Å². The Labute approximate surface area is 217 Å². The second-order valence-corrected chi connectivity index (χ2v) is 10.2. The van der Waals surface area contributed by atoms with Gasteiger partial charge in [0.15, 0.2) is 5.69 Å². The van der Waals surface area contributed by atoms with Crippen LogP contribution in [0, 0.1) is 5.82 Å². The summed E-state index contributed by atoms with van der Waals surface area (Å²) in [7, 11) is 1.58. The number of hydrogen-bond acceptors (Lipinski definition) is 5. The average molecular weight is 507 g/mol. The number of rotatable bonds is 7. The summed E-state index contributed by atoms with van der Waals surface area (Å²) >= 11 is 0. The fourth-order valence-electron chi connectivity index (χ4n) is 5.93. The minimum Gasteiger partial charge on any atom is -0.385 e. The lowest BCUT2D eigenvalue weighted by Crippen LogP contribution is -2.54. The van der Waals surface area contributed by atoms with Crippen LogP contribution in [-0.2, 0) is 11.2 Å².